The van der Waals surface area contributed by atoms with Crippen LogP contribution in [0.5, 0.6) is 5.75 Å². The number of carbonyl (C=O) groups excluding carboxylic acids is 1. The number of rotatable bonds is 6. The molecule has 2 aromatic rings. The Morgan fingerprint density at radius 3 is 2.54 bits per heavy atom. The molecule has 0 bridgehead atoms. The van der Waals surface area contributed by atoms with Gasteiger partial charge in [0.15, 0.2) is 0 Å². The van der Waals surface area contributed by atoms with Gasteiger partial charge in [-0.1, -0.05) is 15.9 Å². The summed E-state index contributed by atoms with van der Waals surface area (Å²) in [6, 6.07) is 11.7. The summed E-state index contributed by atoms with van der Waals surface area (Å²) >= 11 is 4.76. The fraction of sp³-hybridized carbons (Fsp3) is 0.188. The number of benzene rings is 2. The number of non-ortho nitro benzene ring substituents is 1. The van der Waals surface area contributed by atoms with Gasteiger partial charge in [-0.2, -0.15) is 0 Å². The lowest BCUT2D eigenvalue weighted by molar-refractivity contribution is -0.384. The molecule has 126 valence electrons. The average molecular weight is 411 g/mol. The van der Waals surface area contributed by atoms with Crippen molar-refractivity contribution in [1.29, 1.82) is 0 Å². The number of ether oxygens (including phenoxy) is 1. The zero-order valence-corrected chi connectivity index (χ0v) is 15.4. The minimum absolute atomic E-state index is 0.112. The smallest absolute Gasteiger partial charge is 0.271 e. The lowest BCUT2D eigenvalue weighted by Crippen LogP contribution is -2.22. The summed E-state index contributed by atoms with van der Waals surface area (Å²) in [4.78, 5) is 23.7. The predicted octanol–water partition coefficient (Wildman–Crippen LogP) is 4.49. The van der Waals surface area contributed by atoms with Gasteiger partial charge in [0.2, 0.25) is 5.91 Å². The van der Waals surface area contributed by atoms with Crippen LogP contribution in [0.1, 0.15) is 6.92 Å². The van der Waals surface area contributed by atoms with Crippen LogP contribution in [0.2, 0.25) is 0 Å². The standard InChI is InChI=1S/C16H15BrN2O4S/c1-10(24-13-6-3-11(17)4-7-13)16(20)18-14-9-12(19(21)22)5-8-15(14)23-2/h3-10H,1-2H3,(H,18,20). The number of anilines is 1. The lowest BCUT2D eigenvalue weighted by Gasteiger charge is -2.14. The number of nitro benzene ring substituents is 1. The molecule has 0 radical (unpaired) electrons. The van der Waals surface area contributed by atoms with Crippen molar-refractivity contribution in [3.8, 4) is 5.75 Å². The van der Waals surface area contributed by atoms with Crippen LogP contribution < -0.4 is 10.1 Å². The van der Waals surface area contributed by atoms with Crippen molar-refractivity contribution in [2.75, 3.05) is 12.4 Å². The Bertz CT molecular complexity index is 752. The quantitative estimate of drug-likeness (QED) is 0.431. The predicted molar refractivity (Wildman–Crippen MR) is 97.7 cm³/mol. The van der Waals surface area contributed by atoms with Gasteiger partial charge in [-0.15, -0.1) is 11.8 Å². The van der Waals surface area contributed by atoms with Gasteiger partial charge >= 0.3 is 0 Å². The maximum absolute atomic E-state index is 12.4. The first-order valence-electron chi connectivity index (χ1n) is 6.96. The Kier molecular flexibility index (Phi) is 6.22. The van der Waals surface area contributed by atoms with Crippen molar-refractivity contribution in [1.82, 2.24) is 0 Å². The number of halogens is 1. The van der Waals surface area contributed by atoms with E-state index in [0.717, 1.165) is 9.37 Å². The summed E-state index contributed by atoms with van der Waals surface area (Å²) in [5.74, 6) is 0.108. The molecule has 0 aromatic heterocycles. The van der Waals surface area contributed by atoms with E-state index in [-0.39, 0.29) is 22.5 Å². The SMILES string of the molecule is COc1ccc([N+](=O)[O-])cc1NC(=O)C(C)Sc1ccc(Br)cc1. The minimum atomic E-state index is -0.519. The van der Waals surface area contributed by atoms with Crippen LogP contribution in [-0.4, -0.2) is 23.2 Å². The maximum Gasteiger partial charge on any atom is 0.271 e. The number of thioether (sulfide) groups is 1. The molecule has 0 aliphatic carbocycles. The first kappa shape index (κ1) is 18.3. The number of methoxy groups -OCH3 is 1. The first-order valence-corrected chi connectivity index (χ1v) is 8.63. The third kappa shape index (κ3) is 4.72. The second-order valence-corrected chi connectivity index (χ2v) is 7.17. The molecule has 6 nitrogen and oxygen atoms in total. The number of carbonyl (C=O) groups is 1. The van der Waals surface area contributed by atoms with Crippen LogP contribution in [-0.2, 0) is 4.79 Å². The molecule has 2 rings (SSSR count). The van der Waals surface area contributed by atoms with E-state index in [1.807, 2.05) is 24.3 Å². The number of nitro groups is 1. The molecule has 1 amide bonds. The number of amides is 1. The van der Waals surface area contributed by atoms with Crippen LogP contribution in [0.25, 0.3) is 0 Å². The number of hydrogen-bond acceptors (Lipinski definition) is 5. The van der Waals surface area contributed by atoms with Crippen LogP contribution in [0.4, 0.5) is 11.4 Å². The number of hydrogen-bond donors (Lipinski definition) is 1. The molecule has 0 saturated heterocycles. The van der Waals surface area contributed by atoms with Gasteiger partial charge in [0.05, 0.1) is 23.0 Å². The number of nitrogens with one attached hydrogen (secondary N) is 1. The van der Waals surface area contributed by atoms with E-state index in [1.54, 1.807) is 6.92 Å². The van der Waals surface area contributed by atoms with Crippen LogP contribution in [0.15, 0.2) is 51.8 Å². The van der Waals surface area contributed by atoms with E-state index in [9.17, 15) is 14.9 Å². The second kappa shape index (κ2) is 8.16. The van der Waals surface area contributed by atoms with Crippen LogP contribution >= 0.6 is 27.7 Å². The molecular weight excluding hydrogens is 396 g/mol. The van der Waals surface area contributed by atoms with Crippen molar-refractivity contribution >= 4 is 45.0 Å². The van der Waals surface area contributed by atoms with E-state index in [1.165, 1.54) is 37.1 Å². The van der Waals surface area contributed by atoms with Crippen molar-refractivity contribution in [2.45, 2.75) is 17.1 Å². The van der Waals surface area contributed by atoms with Crippen LogP contribution in [0.3, 0.4) is 0 Å². The average Bonchev–Trinajstić information content (AvgIpc) is 2.56. The first-order chi connectivity index (χ1) is 11.4. The zero-order chi connectivity index (χ0) is 17.7. The molecule has 1 unspecified atom stereocenters. The van der Waals surface area contributed by atoms with Gasteiger partial charge in [0.25, 0.3) is 5.69 Å². The largest absolute Gasteiger partial charge is 0.495 e. The summed E-state index contributed by atoms with van der Waals surface area (Å²) < 4.78 is 6.11. The van der Waals surface area contributed by atoms with E-state index >= 15 is 0 Å². The van der Waals surface area contributed by atoms with E-state index < -0.39 is 4.92 Å². The summed E-state index contributed by atoms with van der Waals surface area (Å²) in [6.07, 6.45) is 0. The van der Waals surface area contributed by atoms with Crippen molar-refractivity contribution in [3.05, 3.63) is 57.1 Å². The highest BCUT2D eigenvalue weighted by Crippen LogP contribution is 2.31. The Hall–Kier alpha value is -2.06. The molecule has 0 heterocycles. The molecule has 1 atom stereocenters. The van der Waals surface area contributed by atoms with Gasteiger partial charge in [0.1, 0.15) is 5.75 Å². The third-order valence-corrected chi connectivity index (χ3v) is 4.79. The van der Waals surface area contributed by atoms with Crippen LogP contribution in [0, 0.1) is 10.1 Å². The monoisotopic (exact) mass is 410 g/mol. The third-order valence-electron chi connectivity index (χ3n) is 3.15. The van der Waals surface area contributed by atoms with Crippen molar-refractivity contribution in [2.24, 2.45) is 0 Å². The Morgan fingerprint density at radius 1 is 1.29 bits per heavy atom. The molecule has 0 saturated carbocycles. The van der Waals surface area contributed by atoms with Gasteiger partial charge in [-0.25, -0.2) is 0 Å². The summed E-state index contributed by atoms with van der Waals surface area (Å²) in [7, 11) is 1.44. The van der Waals surface area contributed by atoms with Gasteiger partial charge < -0.3 is 10.1 Å². The topological polar surface area (TPSA) is 81.5 Å². The minimum Gasteiger partial charge on any atom is -0.495 e. The fourth-order valence-electron chi connectivity index (χ4n) is 1.91. The normalized spacial score (nSPS) is 11.6. The molecule has 0 aliphatic heterocycles. The molecule has 0 aliphatic rings. The number of nitrogens with zero attached hydrogens (tertiary/aromatic N) is 1. The van der Waals surface area contributed by atoms with Crippen molar-refractivity contribution < 1.29 is 14.5 Å². The fourth-order valence-corrected chi connectivity index (χ4v) is 3.04. The Balaban J connectivity index is 2.11. The molecular formula is C16H15BrN2O4S. The highest BCUT2D eigenvalue weighted by Gasteiger charge is 2.18. The molecule has 24 heavy (non-hydrogen) atoms. The second-order valence-electron chi connectivity index (χ2n) is 4.84. The Morgan fingerprint density at radius 2 is 1.96 bits per heavy atom. The molecule has 1 N–H and O–H groups in total. The van der Waals surface area contributed by atoms with Crippen molar-refractivity contribution in [3.63, 3.8) is 0 Å². The van der Waals surface area contributed by atoms with E-state index in [4.69, 9.17) is 4.74 Å². The highest BCUT2D eigenvalue weighted by molar-refractivity contribution is 9.10. The zero-order valence-electron chi connectivity index (χ0n) is 13.0. The van der Waals surface area contributed by atoms with Gasteiger partial charge in [-0.05, 0) is 37.3 Å². The summed E-state index contributed by atoms with van der Waals surface area (Å²) in [5, 5.41) is 13.2. The van der Waals surface area contributed by atoms with Gasteiger partial charge in [-0.3, -0.25) is 14.9 Å². The maximum atomic E-state index is 12.4. The molecule has 2 aromatic carbocycles. The summed E-state index contributed by atoms with van der Waals surface area (Å²) in [5.41, 5.74) is 0.166. The van der Waals surface area contributed by atoms with E-state index in [0.29, 0.717) is 5.75 Å². The molecule has 0 spiro atoms. The van der Waals surface area contributed by atoms with E-state index in [2.05, 4.69) is 21.2 Å². The lowest BCUT2D eigenvalue weighted by atomic mass is 10.2. The van der Waals surface area contributed by atoms with Gasteiger partial charge in [0, 0.05) is 21.5 Å². The highest BCUT2D eigenvalue weighted by atomic mass is 79.9. The molecule has 8 heteroatoms. The molecule has 0 fully saturated rings. The Labute approximate surface area is 151 Å². The summed E-state index contributed by atoms with van der Waals surface area (Å²) in [6.45, 7) is 1.77.